The maximum Gasteiger partial charge on any atom is 0.274 e. The zero-order valence-electron chi connectivity index (χ0n) is 14.4. The van der Waals surface area contributed by atoms with Gasteiger partial charge in [-0.25, -0.2) is 5.48 Å². The number of aliphatic hydroxyl groups is 1. The van der Waals surface area contributed by atoms with Crippen LogP contribution >= 0.6 is 0 Å². The molecule has 1 heterocycles. The second-order valence-corrected chi connectivity index (χ2v) is 7.33. The molecule has 1 aliphatic rings. The third-order valence-corrected chi connectivity index (χ3v) is 3.96. The number of nitrogens with one attached hydrogen (secondary N) is 1. The first-order valence-electron chi connectivity index (χ1n) is 7.76. The molecule has 0 atom stereocenters. The maximum atomic E-state index is 12.6. The molecule has 24 heavy (non-hydrogen) atoms. The van der Waals surface area contributed by atoms with Crippen molar-refractivity contribution in [2.45, 2.75) is 51.8 Å². The Morgan fingerprint density at radius 3 is 2.62 bits per heavy atom. The van der Waals surface area contributed by atoms with Crippen LogP contribution in [0.4, 0.5) is 0 Å². The van der Waals surface area contributed by atoms with Crippen molar-refractivity contribution in [2.24, 2.45) is 0 Å². The zero-order valence-corrected chi connectivity index (χ0v) is 14.4. The normalized spacial score (nSPS) is 16.7. The fourth-order valence-corrected chi connectivity index (χ4v) is 2.63. The standard InChI is InChI=1S/C17H24N2O5/c1-16(2)10-24-13-7-11(15(21)18-23)5-6-12(13)9-19(16)14(20)8-17(3,4)22/h5-7,22-23H,8-10H2,1-4H3,(H,18,21). The van der Waals surface area contributed by atoms with Gasteiger partial charge in [0.2, 0.25) is 5.91 Å². The first kappa shape index (κ1) is 18.2. The summed E-state index contributed by atoms with van der Waals surface area (Å²) in [5.74, 6) is -0.288. The van der Waals surface area contributed by atoms with Gasteiger partial charge in [0, 0.05) is 17.7 Å². The monoisotopic (exact) mass is 336 g/mol. The summed E-state index contributed by atoms with van der Waals surface area (Å²) in [5.41, 5.74) is 0.958. The van der Waals surface area contributed by atoms with Gasteiger partial charge in [0.1, 0.15) is 12.4 Å². The molecule has 3 N–H and O–H groups in total. The summed E-state index contributed by atoms with van der Waals surface area (Å²) in [6, 6.07) is 4.80. The molecule has 0 saturated carbocycles. The van der Waals surface area contributed by atoms with E-state index in [9.17, 15) is 14.7 Å². The summed E-state index contributed by atoms with van der Waals surface area (Å²) in [4.78, 5) is 25.8. The van der Waals surface area contributed by atoms with Crippen LogP contribution in [0.3, 0.4) is 0 Å². The van der Waals surface area contributed by atoms with E-state index in [0.29, 0.717) is 12.3 Å². The Bertz CT molecular complexity index is 649. The van der Waals surface area contributed by atoms with Crippen LogP contribution in [0.15, 0.2) is 18.2 Å². The van der Waals surface area contributed by atoms with Gasteiger partial charge < -0.3 is 14.7 Å². The minimum atomic E-state index is -1.09. The highest BCUT2D eigenvalue weighted by Gasteiger charge is 2.36. The first-order valence-corrected chi connectivity index (χ1v) is 7.76. The third-order valence-electron chi connectivity index (χ3n) is 3.96. The van der Waals surface area contributed by atoms with Gasteiger partial charge in [0.05, 0.1) is 17.6 Å². The van der Waals surface area contributed by atoms with Gasteiger partial charge in [-0.05, 0) is 39.8 Å². The lowest BCUT2D eigenvalue weighted by Crippen LogP contribution is -2.51. The van der Waals surface area contributed by atoms with Gasteiger partial charge in [-0.2, -0.15) is 0 Å². The summed E-state index contributed by atoms with van der Waals surface area (Å²) >= 11 is 0. The highest BCUT2D eigenvalue weighted by atomic mass is 16.5. The highest BCUT2D eigenvalue weighted by Crippen LogP contribution is 2.31. The summed E-state index contributed by atoms with van der Waals surface area (Å²) < 4.78 is 5.79. The van der Waals surface area contributed by atoms with Crippen LogP contribution in [0.5, 0.6) is 5.75 Å². The molecule has 1 aromatic carbocycles. The lowest BCUT2D eigenvalue weighted by atomic mass is 9.99. The third kappa shape index (κ3) is 4.04. The Kier molecular flexibility index (Phi) is 4.87. The van der Waals surface area contributed by atoms with Crippen LogP contribution in [0.25, 0.3) is 0 Å². The van der Waals surface area contributed by atoms with Crippen molar-refractivity contribution in [1.82, 2.24) is 10.4 Å². The number of rotatable bonds is 3. The number of fused-ring (bicyclic) bond motifs is 1. The molecule has 1 aromatic rings. The average molecular weight is 336 g/mol. The average Bonchev–Trinajstić information content (AvgIpc) is 2.60. The number of amides is 2. The number of hydrogen-bond donors (Lipinski definition) is 3. The Morgan fingerprint density at radius 2 is 2.04 bits per heavy atom. The van der Waals surface area contributed by atoms with Gasteiger partial charge in [-0.3, -0.25) is 14.8 Å². The number of benzene rings is 1. The number of ether oxygens (including phenoxy) is 1. The largest absolute Gasteiger partial charge is 0.491 e. The fourth-order valence-electron chi connectivity index (χ4n) is 2.63. The van der Waals surface area contributed by atoms with E-state index in [0.717, 1.165) is 5.56 Å². The summed E-state index contributed by atoms with van der Waals surface area (Å²) in [6.45, 7) is 7.55. The van der Waals surface area contributed by atoms with Gasteiger partial charge in [-0.15, -0.1) is 0 Å². The summed E-state index contributed by atoms with van der Waals surface area (Å²) in [5, 5.41) is 18.7. The molecule has 2 rings (SSSR count). The second kappa shape index (κ2) is 6.41. The molecule has 1 aliphatic heterocycles. The molecule has 0 spiro atoms. The zero-order chi connectivity index (χ0) is 18.1. The van der Waals surface area contributed by atoms with Crippen LogP contribution in [-0.2, 0) is 11.3 Å². The number of hydrogen-bond acceptors (Lipinski definition) is 5. The van der Waals surface area contributed by atoms with E-state index in [1.807, 2.05) is 13.8 Å². The molecule has 0 unspecified atom stereocenters. The molecule has 0 aliphatic carbocycles. The van der Waals surface area contributed by atoms with Crippen molar-refractivity contribution < 1.29 is 24.6 Å². The van der Waals surface area contributed by atoms with Crippen molar-refractivity contribution in [2.75, 3.05) is 6.61 Å². The van der Waals surface area contributed by atoms with Crippen LogP contribution in [-0.4, -0.2) is 44.8 Å². The molecule has 0 aromatic heterocycles. The Balaban J connectivity index is 2.32. The fraction of sp³-hybridized carbons (Fsp3) is 0.529. The summed E-state index contributed by atoms with van der Waals surface area (Å²) in [6.07, 6.45) is 0.0107. The van der Waals surface area contributed by atoms with Crippen molar-refractivity contribution in [3.63, 3.8) is 0 Å². The minimum absolute atomic E-state index is 0.0107. The van der Waals surface area contributed by atoms with Crippen LogP contribution in [0.2, 0.25) is 0 Å². The van der Waals surface area contributed by atoms with E-state index < -0.39 is 17.0 Å². The van der Waals surface area contributed by atoms with E-state index in [2.05, 4.69) is 0 Å². The quantitative estimate of drug-likeness (QED) is 0.573. The second-order valence-electron chi connectivity index (χ2n) is 7.33. The maximum absolute atomic E-state index is 12.6. The lowest BCUT2D eigenvalue weighted by Gasteiger charge is -2.37. The molecule has 0 saturated heterocycles. The smallest absolute Gasteiger partial charge is 0.274 e. The first-order chi connectivity index (χ1) is 11.0. The highest BCUT2D eigenvalue weighted by molar-refractivity contribution is 5.93. The molecule has 0 bridgehead atoms. The van der Waals surface area contributed by atoms with Crippen molar-refractivity contribution >= 4 is 11.8 Å². The Morgan fingerprint density at radius 1 is 1.38 bits per heavy atom. The number of nitrogens with zero attached hydrogens (tertiary/aromatic N) is 1. The molecule has 2 amide bonds. The van der Waals surface area contributed by atoms with Crippen molar-refractivity contribution in [3.8, 4) is 5.75 Å². The topological polar surface area (TPSA) is 99.1 Å². The lowest BCUT2D eigenvalue weighted by molar-refractivity contribution is -0.142. The summed E-state index contributed by atoms with van der Waals surface area (Å²) in [7, 11) is 0. The van der Waals surface area contributed by atoms with Gasteiger partial charge in [-0.1, -0.05) is 6.07 Å². The van der Waals surface area contributed by atoms with Crippen molar-refractivity contribution in [1.29, 1.82) is 0 Å². The predicted octanol–water partition coefficient (Wildman–Crippen LogP) is 1.47. The van der Waals surface area contributed by atoms with Gasteiger partial charge in [0.15, 0.2) is 0 Å². The van der Waals surface area contributed by atoms with E-state index in [-0.39, 0.29) is 24.5 Å². The molecular weight excluding hydrogens is 312 g/mol. The Labute approximate surface area is 141 Å². The molecule has 7 heteroatoms. The van der Waals surface area contributed by atoms with Crippen LogP contribution in [0.1, 0.15) is 50.0 Å². The van der Waals surface area contributed by atoms with E-state index in [4.69, 9.17) is 9.94 Å². The number of hydroxylamine groups is 1. The minimum Gasteiger partial charge on any atom is -0.491 e. The number of carbonyl (C=O) groups excluding carboxylic acids is 2. The van der Waals surface area contributed by atoms with E-state index in [1.54, 1.807) is 42.4 Å². The number of carbonyl (C=O) groups is 2. The predicted molar refractivity (Wildman–Crippen MR) is 86.7 cm³/mol. The molecule has 132 valence electrons. The Hall–Kier alpha value is -2.12. The van der Waals surface area contributed by atoms with Gasteiger partial charge >= 0.3 is 0 Å². The molecule has 0 fully saturated rings. The van der Waals surface area contributed by atoms with E-state index in [1.165, 1.54) is 0 Å². The van der Waals surface area contributed by atoms with E-state index >= 15 is 0 Å². The molecular formula is C17H24N2O5. The van der Waals surface area contributed by atoms with Crippen LogP contribution in [0, 0.1) is 0 Å². The SMILES string of the molecule is CC(C)(O)CC(=O)N1Cc2ccc(C(=O)NO)cc2OCC1(C)C. The van der Waals surface area contributed by atoms with Crippen LogP contribution < -0.4 is 10.2 Å². The molecule has 7 nitrogen and oxygen atoms in total. The van der Waals surface area contributed by atoms with Gasteiger partial charge in [0.25, 0.3) is 5.91 Å². The van der Waals surface area contributed by atoms with Crippen molar-refractivity contribution in [3.05, 3.63) is 29.3 Å². The molecule has 0 radical (unpaired) electrons.